The molecular weight excluding hydrogens is 179 g/mol. The minimum absolute atomic E-state index is 0.162. The van der Waals surface area contributed by atoms with Gasteiger partial charge in [-0.3, -0.25) is 0 Å². The van der Waals surface area contributed by atoms with Crippen molar-refractivity contribution >= 4 is 13.3 Å². The SMILES string of the molecule is [B]c1cc(C(C)(C)C)cc(C(C)(C)C)c1. The average Bonchev–Trinajstić information content (AvgIpc) is 1.99. The molecule has 0 bridgehead atoms. The third-order valence-electron chi connectivity index (χ3n) is 2.69. The smallest absolute Gasteiger partial charge is 0.0961 e. The van der Waals surface area contributed by atoms with Crippen LogP contribution < -0.4 is 5.46 Å². The Balaban J connectivity index is 3.30. The molecule has 80 valence electrons. The van der Waals surface area contributed by atoms with Crippen molar-refractivity contribution in [2.45, 2.75) is 52.4 Å². The number of rotatable bonds is 0. The minimum atomic E-state index is 0.162. The van der Waals surface area contributed by atoms with Crippen molar-refractivity contribution in [3.8, 4) is 0 Å². The van der Waals surface area contributed by atoms with Crippen molar-refractivity contribution < 1.29 is 0 Å². The van der Waals surface area contributed by atoms with Gasteiger partial charge in [0.05, 0.1) is 0 Å². The van der Waals surface area contributed by atoms with Gasteiger partial charge in [0.25, 0.3) is 0 Å². The molecule has 0 aliphatic rings. The second-order valence-corrected chi connectivity index (χ2v) is 6.34. The molecule has 0 N–H and O–H groups in total. The minimum Gasteiger partial charge on any atom is -0.0961 e. The quantitative estimate of drug-likeness (QED) is 0.564. The van der Waals surface area contributed by atoms with E-state index in [-0.39, 0.29) is 10.8 Å². The Labute approximate surface area is 95.5 Å². The molecule has 0 amide bonds. The van der Waals surface area contributed by atoms with Crippen LogP contribution in [0, 0.1) is 0 Å². The highest BCUT2D eigenvalue weighted by Crippen LogP contribution is 2.27. The molecule has 0 nitrogen and oxygen atoms in total. The van der Waals surface area contributed by atoms with Crippen LogP contribution in [0.2, 0.25) is 0 Å². The topological polar surface area (TPSA) is 0 Å². The van der Waals surface area contributed by atoms with Gasteiger partial charge in [-0.05, 0) is 22.0 Å². The fourth-order valence-corrected chi connectivity index (χ4v) is 1.52. The van der Waals surface area contributed by atoms with Crippen molar-refractivity contribution in [3.05, 3.63) is 29.3 Å². The van der Waals surface area contributed by atoms with Crippen molar-refractivity contribution in [3.63, 3.8) is 0 Å². The zero-order valence-corrected chi connectivity index (χ0v) is 10.8. The van der Waals surface area contributed by atoms with Crippen LogP contribution in [0.15, 0.2) is 18.2 Å². The predicted molar refractivity (Wildman–Crippen MR) is 69.2 cm³/mol. The summed E-state index contributed by atoms with van der Waals surface area (Å²) >= 11 is 0. The van der Waals surface area contributed by atoms with E-state index >= 15 is 0 Å². The Morgan fingerprint density at radius 1 is 0.733 bits per heavy atom. The lowest BCUT2D eigenvalue weighted by Gasteiger charge is -2.25. The first-order valence-electron chi connectivity index (χ1n) is 5.52. The van der Waals surface area contributed by atoms with Gasteiger partial charge in [-0.15, -0.1) is 0 Å². The first-order chi connectivity index (χ1) is 6.60. The molecule has 0 aliphatic heterocycles. The van der Waals surface area contributed by atoms with E-state index in [1.54, 1.807) is 0 Å². The molecule has 0 atom stereocenters. The molecule has 0 aromatic heterocycles. The molecule has 1 rings (SSSR count). The Kier molecular flexibility index (Phi) is 3.05. The van der Waals surface area contributed by atoms with E-state index in [2.05, 4.69) is 59.7 Å². The van der Waals surface area contributed by atoms with Gasteiger partial charge >= 0.3 is 0 Å². The first kappa shape index (κ1) is 12.4. The van der Waals surface area contributed by atoms with Crippen LogP contribution in [0.4, 0.5) is 0 Å². The number of hydrogen-bond donors (Lipinski definition) is 0. The van der Waals surface area contributed by atoms with Gasteiger partial charge in [0.15, 0.2) is 0 Å². The predicted octanol–water partition coefficient (Wildman–Crippen LogP) is 3.08. The normalized spacial score (nSPS) is 12.9. The third kappa shape index (κ3) is 3.12. The molecule has 2 radical (unpaired) electrons. The van der Waals surface area contributed by atoms with Gasteiger partial charge in [-0.1, -0.05) is 65.2 Å². The summed E-state index contributed by atoms with van der Waals surface area (Å²) in [6.07, 6.45) is 0. The Bertz CT molecular complexity index is 318. The highest BCUT2D eigenvalue weighted by molar-refractivity contribution is 6.32. The van der Waals surface area contributed by atoms with Gasteiger partial charge in [-0.2, -0.15) is 0 Å². The van der Waals surface area contributed by atoms with Crippen molar-refractivity contribution in [2.24, 2.45) is 0 Å². The van der Waals surface area contributed by atoms with E-state index in [0.29, 0.717) is 0 Å². The van der Waals surface area contributed by atoms with Gasteiger partial charge in [0.2, 0.25) is 0 Å². The maximum atomic E-state index is 5.95. The maximum Gasteiger partial charge on any atom is 0.113 e. The lowest BCUT2D eigenvalue weighted by atomic mass is 9.77. The molecule has 0 saturated heterocycles. The first-order valence-corrected chi connectivity index (χ1v) is 5.52. The van der Waals surface area contributed by atoms with Gasteiger partial charge in [0.1, 0.15) is 7.85 Å². The summed E-state index contributed by atoms with van der Waals surface area (Å²) in [4.78, 5) is 0. The summed E-state index contributed by atoms with van der Waals surface area (Å²) in [7, 11) is 5.95. The van der Waals surface area contributed by atoms with E-state index in [0.717, 1.165) is 5.46 Å². The van der Waals surface area contributed by atoms with Gasteiger partial charge < -0.3 is 0 Å². The van der Waals surface area contributed by atoms with E-state index in [1.165, 1.54) is 11.1 Å². The van der Waals surface area contributed by atoms with Crippen LogP contribution in [-0.4, -0.2) is 7.85 Å². The molecule has 0 saturated carbocycles. The second-order valence-electron chi connectivity index (χ2n) is 6.34. The molecule has 1 heteroatoms. The Morgan fingerprint density at radius 2 is 1.07 bits per heavy atom. The summed E-state index contributed by atoms with van der Waals surface area (Å²) in [6.45, 7) is 13.3. The molecule has 0 unspecified atom stereocenters. The molecule has 0 fully saturated rings. The fraction of sp³-hybridized carbons (Fsp3) is 0.571. The van der Waals surface area contributed by atoms with E-state index in [9.17, 15) is 0 Å². The molecular formula is C14H21B. The number of benzene rings is 1. The molecule has 0 aliphatic carbocycles. The molecule has 1 aromatic rings. The van der Waals surface area contributed by atoms with Crippen molar-refractivity contribution in [2.75, 3.05) is 0 Å². The number of hydrogen-bond acceptors (Lipinski definition) is 0. The highest BCUT2D eigenvalue weighted by atomic mass is 14.2. The van der Waals surface area contributed by atoms with Gasteiger partial charge in [0, 0.05) is 0 Å². The molecule has 0 spiro atoms. The lowest BCUT2D eigenvalue weighted by molar-refractivity contribution is 0.569. The fourth-order valence-electron chi connectivity index (χ4n) is 1.52. The zero-order chi connectivity index (χ0) is 11.9. The van der Waals surface area contributed by atoms with Crippen LogP contribution in [0.5, 0.6) is 0 Å². The van der Waals surface area contributed by atoms with Crippen LogP contribution in [0.25, 0.3) is 0 Å². The van der Waals surface area contributed by atoms with Crippen LogP contribution in [-0.2, 0) is 10.8 Å². The molecule has 15 heavy (non-hydrogen) atoms. The largest absolute Gasteiger partial charge is 0.113 e. The van der Waals surface area contributed by atoms with E-state index in [1.807, 2.05) is 0 Å². The van der Waals surface area contributed by atoms with Gasteiger partial charge in [-0.25, -0.2) is 0 Å². The summed E-state index contributed by atoms with van der Waals surface area (Å²) < 4.78 is 0. The summed E-state index contributed by atoms with van der Waals surface area (Å²) in [5.41, 5.74) is 3.82. The van der Waals surface area contributed by atoms with Crippen molar-refractivity contribution in [1.82, 2.24) is 0 Å². The molecule has 1 aromatic carbocycles. The Hall–Kier alpha value is -0.715. The van der Waals surface area contributed by atoms with Crippen LogP contribution >= 0.6 is 0 Å². The highest BCUT2D eigenvalue weighted by Gasteiger charge is 2.19. The van der Waals surface area contributed by atoms with Crippen molar-refractivity contribution in [1.29, 1.82) is 0 Å². The standard InChI is InChI=1S/C14H21B/c1-13(2,3)10-7-11(14(4,5)6)9-12(15)8-10/h7-9H,1-6H3. The summed E-state index contributed by atoms with van der Waals surface area (Å²) in [6, 6.07) is 6.43. The van der Waals surface area contributed by atoms with Crippen LogP contribution in [0.3, 0.4) is 0 Å². The lowest BCUT2D eigenvalue weighted by Crippen LogP contribution is -2.20. The molecule has 0 heterocycles. The average molecular weight is 200 g/mol. The third-order valence-corrected chi connectivity index (χ3v) is 2.69. The summed E-state index contributed by atoms with van der Waals surface area (Å²) in [5, 5.41) is 0. The van der Waals surface area contributed by atoms with Crippen LogP contribution in [0.1, 0.15) is 52.7 Å². The van der Waals surface area contributed by atoms with E-state index < -0.39 is 0 Å². The second kappa shape index (κ2) is 3.70. The van der Waals surface area contributed by atoms with E-state index in [4.69, 9.17) is 7.85 Å². The Morgan fingerprint density at radius 3 is 1.33 bits per heavy atom. The zero-order valence-electron chi connectivity index (χ0n) is 10.8. The monoisotopic (exact) mass is 200 g/mol. The summed E-state index contributed by atoms with van der Waals surface area (Å²) in [5.74, 6) is 0. The maximum absolute atomic E-state index is 5.95.